The Hall–Kier alpha value is -1.32. The van der Waals surface area contributed by atoms with Gasteiger partial charge in [0.05, 0.1) is 6.10 Å². The molecule has 18 heavy (non-hydrogen) atoms. The van der Waals surface area contributed by atoms with Gasteiger partial charge >= 0.3 is 5.97 Å². The van der Waals surface area contributed by atoms with Gasteiger partial charge in [0, 0.05) is 0 Å². The van der Waals surface area contributed by atoms with Gasteiger partial charge in [-0.25, -0.2) is 9.88 Å². The lowest BCUT2D eigenvalue weighted by Crippen LogP contribution is -2.40. The van der Waals surface area contributed by atoms with Crippen molar-refractivity contribution < 1.29 is 18.8 Å². The van der Waals surface area contributed by atoms with Crippen LogP contribution in [0.15, 0.2) is 30.3 Å². The van der Waals surface area contributed by atoms with Crippen molar-refractivity contribution in [3.05, 3.63) is 30.3 Å². The maximum absolute atomic E-state index is 11.8. The molecule has 6 heteroatoms. The summed E-state index contributed by atoms with van der Waals surface area (Å²) in [4.78, 5) is 11.8. The molecule has 0 aliphatic rings. The normalized spacial score (nSPS) is 14.0. The molecule has 2 atom stereocenters. The number of carbonyl (C=O) groups excluding carboxylic acids is 1. The van der Waals surface area contributed by atoms with E-state index in [1.807, 2.05) is 6.07 Å². The maximum Gasteiger partial charge on any atom is 0.363 e. The topological polar surface area (TPSA) is 64.6 Å². The summed E-state index contributed by atoms with van der Waals surface area (Å²) in [7, 11) is -2.06. The predicted molar refractivity (Wildman–Crippen MR) is 70.1 cm³/mol. The first kappa shape index (κ1) is 14.7. The van der Waals surface area contributed by atoms with E-state index in [0.717, 1.165) is 0 Å². The zero-order valence-electron chi connectivity index (χ0n) is 10.7. The number of esters is 1. The van der Waals surface area contributed by atoms with Crippen LogP contribution in [0.25, 0.3) is 0 Å². The molecule has 0 radical (unpaired) electrons. The lowest BCUT2D eigenvalue weighted by molar-refractivity contribution is -0.156. The molecule has 0 saturated heterocycles. The molecule has 0 fully saturated rings. The summed E-state index contributed by atoms with van der Waals surface area (Å²) in [5.41, 5.74) is 0. The van der Waals surface area contributed by atoms with E-state index in [4.69, 9.17) is 9.47 Å². The molecule has 0 bridgehead atoms. The quantitative estimate of drug-likeness (QED) is 0.487. The number of para-hydroxylation sites is 1. The molecule has 0 aliphatic carbocycles. The average molecular weight is 271 g/mol. The van der Waals surface area contributed by atoms with Crippen LogP contribution in [-0.4, -0.2) is 25.0 Å². The molecule has 100 valence electrons. The van der Waals surface area contributed by atoms with Crippen molar-refractivity contribution in [1.82, 2.24) is 5.09 Å². The average Bonchev–Trinajstić information content (AvgIpc) is 2.28. The van der Waals surface area contributed by atoms with E-state index in [0.29, 0.717) is 5.75 Å². The van der Waals surface area contributed by atoms with E-state index in [-0.39, 0.29) is 6.10 Å². The Labute approximate surface area is 107 Å². The predicted octanol–water partition coefficient (Wildman–Crippen LogP) is 2.04. The van der Waals surface area contributed by atoms with Gasteiger partial charge in [-0.05, 0) is 32.6 Å². The van der Waals surface area contributed by atoms with E-state index >= 15 is 0 Å². The first-order valence-corrected chi connectivity index (χ1v) is 7.59. The number of benzene rings is 1. The highest BCUT2D eigenvalue weighted by Gasteiger charge is 2.23. The van der Waals surface area contributed by atoms with E-state index < -0.39 is 20.1 Å². The summed E-state index contributed by atoms with van der Waals surface area (Å²) < 4.78 is 21.7. The van der Waals surface area contributed by atoms with Gasteiger partial charge in [-0.2, -0.15) is 0 Å². The first-order chi connectivity index (χ1) is 8.49. The van der Waals surface area contributed by atoms with Crippen molar-refractivity contribution in [2.45, 2.75) is 26.2 Å². The number of nitrogens with one attached hydrogen (secondary N) is 1. The minimum atomic E-state index is -2.06. The number of hydrogen-bond acceptors (Lipinski definition) is 4. The molecule has 0 spiro atoms. The Bertz CT molecular complexity index is 408. The van der Waals surface area contributed by atoms with Crippen molar-refractivity contribution in [2.75, 3.05) is 6.66 Å². The summed E-state index contributed by atoms with van der Waals surface area (Å²) in [6, 6.07) is 8.84. The third kappa shape index (κ3) is 5.34. The lowest BCUT2D eigenvalue weighted by atomic mass is 10.3. The fraction of sp³-hybridized carbons (Fsp3) is 0.417. The molecule has 0 saturated carbocycles. The van der Waals surface area contributed by atoms with Gasteiger partial charge in [0.15, 0.2) is 0 Å². The second kappa shape index (κ2) is 7.19. The molecule has 0 aliphatic heterocycles. The lowest BCUT2D eigenvalue weighted by Gasteiger charge is -2.19. The fourth-order valence-electron chi connectivity index (χ4n) is 1.25. The van der Waals surface area contributed by atoms with Gasteiger partial charge < -0.3 is 14.0 Å². The standard InChI is InChI=1S/C12H18NO4P/c1-9(2)16-12(14)11(13-18(3)15)17-10-7-5-4-6-8-10/h4-9,11,18H,1-3H3,(H,13,15)/t11-/m0/s1. The molecule has 0 heterocycles. The minimum absolute atomic E-state index is 0.250. The zero-order valence-corrected chi connectivity index (χ0v) is 11.7. The van der Waals surface area contributed by atoms with Crippen molar-refractivity contribution in [2.24, 2.45) is 0 Å². The highest BCUT2D eigenvalue weighted by atomic mass is 31.1. The van der Waals surface area contributed by atoms with Crippen LogP contribution < -0.4 is 9.82 Å². The highest BCUT2D eigenvalue weighted by Crippen LogP contribution is 2.15. The Balaban J connectivity index is 2.72. The number of rotatable bonds is 6. The van der Waals surface area contributed by atoms with E-state index in [2.05, 4.69) is 5.09 Å². The second-order valence-electron chi connectivity index (χ2n) is 4.00. The molecular formula is C12H18NO4P. The molecule has 1 N–H and O–H groups in total. The molecule has 0 amide bonds. The van der Waals surface area contributed by atoms with Crippen LogP contribution >= 0.6 is 7.95 Å². The largest absolute Gasteiger partial charge is 0.464 e. The van der Waals surface area contributed by atoms with Gasteiger partial charge in [-0.3, -0.25) is 0 Å². The van der Waals surface area contributed by atoms with Crippen LogP contribution in [0.4, 0.5) is 0 Å². The Kier molecular flexibility index (Phi) is 5.89. The summed E-state index contributed by atoms with van der Waals surface area (Å²) in [5.74, 6) is -0.0620. The zero-order chi connectivity index (χ0) is 13.5. The van der Waals surface area contributed by atoms with E-state index in [1.165, 1.54) is 6.66 Å². The first-order valence-electron chi connectivity index (χ1n) is 5.68. The summed E-state index contributed by atoms with van der Waals surface area (Å²) in [5, 5.41) is 2.58. The van der Waals surface area contributed by atoms with Gasteiger partial charge in [0.25, 0.3) is 6.23 Å². The molecule has 0 aromatic heterocycles. The highest BCUT2D eigenvalue weighted by molar-refractivity contribution is 7.41. The van der Waals surface area contributed by atoms with Crippen LogP contribution in [0.5, 0.6) is 5.75 Å². The van der Waals surface area contributed by atoms with Crippen LogP contribution in [0.2, 0.25) is 0 Å². The van der Waals surface area contributed by atoms with E-state index in [9.17, 15) is 9.36 Å². The fourth-order valence-corrected chi connectivity index (χ4v) is 1.80. The maximum atomic E-state index is 11.8. The Morgan fingerprint density at radius 3 is 2.39 bits per heavy atom. The molecule has 5 nitrogen and oxygen atoms in total. The Morgan fingerprint density at radius 1 is 1.28 bits per heavy atom. The van der Waals surface area contributed by atoms with Crippen LogP contribution in [0.3, 0.4) is 0 Å². The van der Waals surface area contributed by atoms with Crippen molar-refractivity contribution in [3.8, 4) is 5.75 Å². The Morgan fingerprint density at radius 2 is 1.89 bits per heavy atom. The number of carbonyl (C=O) groups is 1. The molecule has 1 aromatic rings. The molecule has 1 unspecified atom stereocenters. The van der Waals surface area contributed by atoms with Gasteiger partial charge in [-0.15, -0.1) is 0 Å². The SMILES string of the molecule is CC(C)OC(=O)[C@@H](N[PH](C)=O)Oc1ccccc1. The van der Waals surface area contributed by atoms with Crippen LogP contribution in [-0.2, 0) is 14.1 Å². The minimum Gasteiger partial charge on any atom is -0.464 e. The second-order valence-corrected chi connectivity index (χ2v) is 5.40. The molecular weight excluding hydrogens is 253 g/mol. The molecule has 1 aromatic carbocycles. The van der Waals surface area contributed by atoms with Crippen molar-refractivity contribution in [1.29, 1.82) is 0 Å². The summed E-state index contributed by atoms with van der Waals surface area (Å²) in [6.07, 6.45) is -1.30. The summed E-state index contributed by atoms with van der Waals surface area (Å²) >= 11 is 0. The van der Waals surface area contributed by atoms with E-state index in [1.54, 1.807) is 38.1 Å². The smallest absolute Gasteiger partial charge is 0.363 e. The van der Waals surface area contributed by atoms with Crippen molar-refractivity contribution >= 4 is 13.9 Å². The number of hydrogen-bond donors (Lipinski definition) is 1. The third-order valence-corrected chi connectivity index (χ3v) is 2.57. The third-order valence-electron chi connectivity index (χ3n) is 1.90. The van der Waals surface area contributed by atoms with Gasteiger partial charge in [-0.1, -0.05) is 18.2 Å². The molecule has 1 rings (SSSR count). The summed E-state index contributed by atoms with van der Waals surface area (Å²) in [6.45, 7) is 4.98. The van der Waals surface area contributed by atoms with Crippen LogP contribution in [0, 0.1) is 0 Å². The van der Waals surface area contributed by atoms with Crippen molar-refractivity contribution in [3.63, 3.8) is 0 Å². The van der Waals surface area contributed by atoms with Gasteiger partial charge in [0.1, 0.15) is 13.7 Å². The number of ether oxygens (including phenoxy) is 2. The van der Waals surface area contributed by atoms with Crippen LogP contribution in [0.1, 0.15) is 13.8 Å². The van der Waals surface area contributed by atoms with Gasteiger partial charge in [0.2, 0.25) is 0 Å². The monoisotopic (exact) mass is 271 g/mol.